The molecule has 3 nitrogen and oxygen atoms in total. The van der Waals surface area contributed by atoms with Gasteiger partial charge in [0.15, 0.2) is 0 Å². The lowest BCUT2D eigenvalue weighted by Gasteiger charge is -2.03. The van der Waals surface area contributed by atoms with E-state index in [1.807, 2.05) is 30.5 Å². The van der Waals surface area contributed by atoms with E-state index < -0.39 is 13.0 Å². The predicted octanol–water partition coefficient (Wildman–Crippen LogP) is 2.48. The summed E-state index contributed by atoms with van der Waals surface area (Å²) in [6, 6.07) is 7.78. The minimum Gasteiger partial charge on any atom is -0.361 e. The van der Waals surface area contributed by atoms with E-state index in [2.05, 4.69) is 10.3 Å². The van der Waals surface area contributed by atoms with Crippen LogP contribution in [0.4, 0.5) is 8.78 Å². The number of hydrogen-bond acceptors (Lipinski definition) is 1. The van der Waals surface area contributed by atoms with E-state index in [9.17, 15) is 13.6 Å². The van der Waals surface area contributed by atoms with Gasteiger partial charge >= 0.3 is 0 Å². The number of nitrogens with one attached hydrogen (secondary N) is 2. The lowest BCUT2D eigenvalue weighted by atomic mass is 10.1. The lowest BCUT2D eigenvalue weighted by Crippen LogP contribution is -2.28. The predicted molar refractivity (Wildman–Crippen MR) is 65.6 cm³/mol. The molecule has 5 heteroatoms. The molecule has 2 aromatic rings. The standard InChI is InChI=1S/C13H14F2N2O/c14-12(15)8-17-13(18)6-5-9-7-16-11-4-2-1-3-10(9)11/h1-4,7,12,16H,5-6,8H2,(H,17,18). The van der Waals surface area contributed by atoms with Crippen molar-refractivity contribution in [3.63, 3.8) is 0 Å². The number of amides is 1. The normalized spacial score (nSPS) is 11.1. The molecular weight excluding hydrogens is 238 g/mol. The number of carbonyl (C=O) groups excluding carboxylic acids is 1. The summed E-state index contributed by atoms with van der Waals surface area (Å²) in [6.07, 6.45) is 0.112. The topological polar surface area (TPSA) is 44.9 Å². The molecule has 0 fully saturated rings. The molecule has 2 N–H and O–H groups in total. The SMILES string of the molecule is O=C(CCc1c[nH]c2ccccc12)NCC(F)F. The molecule has 0 saturated carbocycles. The highest BCUT2D eigenvalue weighted by molar-refractivity contribution is 5.84. The number of H-pyrrole nitrogens is 1. The summed E-state index contributed by atoms with van der Waals surface area (Å²) in [7, 11) is 0. The molecule has 0 aliphatic carbocycles. The van der Waals surface area contributed by atoms with Gasteiger partial charge in [0.25, 0.3) is 6.43 Å². The monoisotopic (exact) mass is 252 g/mol. The average molecular weight is 252 g/mol. The van der Waals surface area contributed by atoms with Crippen molar-refractivity contribution >= 4 is 16.8 Å². The first-order chi connectivity index (χ1) is 8.66. The summed E-state index contributed by atoms with van der Waals surface area (Å²) < 4.78 is 23.8. The zero-order chi connectivity index (χ0) is 13.0. The molecule has 0 atom stereocenters. The molecule has 2 rings (SSSR count). The molecule has 18 heavy (non-hydrogen) atoms. The number of aromatic amines is 1. The van der Waals surface area contributed by atoms with Gasteiger partial charge in [-0.05, 0) is 18.1 Å². The fraction of sp³-hybridized carbons (Fsp3) is 0.308. The molecule has 0 radical (unpaired) electrons. The van der Waals surface area contributed by atoms with Crippen LogP contribution in [0.1, 0.15) is 12.0 Å². The van der Waals surface area contributed by atoms with Crippen molar-refractivity contribution < 1.29 is 13.6 Å². The van der Waals surface area contributed by atoms with Crippen LogP contribution in [0.5, 0.6) is 0 Å². The van der Waals surface area contributed by atoms with E-state index in [4.69, 9.17) is 0 Å². The number of aryl methyl sites for hydroxylation is 1. The van der Waals surface area contributed by atoms with Gasteiger partial charge in [-0.15, -0.1) is 0 Å². The summed E-state index contributed by atoms with van der Waals surface area (Å²) in [5.41, 5.74) is 2.04. The van der Waals surface area contributed by atoms with Crippen LogP contribution in [0.25, 0.3) is 10.9 Å². The number of benzene rings is 1. The first-order valence-corrected chi connectivity index (χ1v) is 5.76. The Morgan fingerprint density at radius 2 is 2.11 bits per heavy atom. The van der Waals surface area contributed by atoms with Crippen molar-refractivity contribution in [2.24, 2.45) is 0 Å². The van der Waals surface area contributed by atoms with Gasteiger partial charge in [0.05, 0.1) is 6.54 Å². The van der Waals surface area contributed by atoms with E-state index >= 15 is 0 Å². The molecule has 1 amide bonds. The van der Waals surface area contributed by atoms with Gasteiger partial charge < -0.3 is 10.3 Å². The van der Waals surface area contributed by atoms with Crippen molar-refractivity contribution in [1.29, 1.82) is 0 Å². The molecule has 0 saturated heterocycles. The van der Waals surface area contributed by atoms with Gasteiger partial charge in [0, 0.05) is 23.5 Å². The number of carbonyl (C=O) groups is 1. The molecule has 0 spiro atoms. The largest absolute Gasteiger partial charge is 0.361 e. The van der Waals surface area contributed by atoms with Gasteiger partial charge in [0.2, 0.25) is 5.91 Å². The highest BCUT2D eigenvalue weighted by Crippen LogP contribution is 2.18. The summed E-state index contributed by atoms with van der Waals surface area (Å²) >= 11 is 0. The van der Waals surface area contributed by atoms with Gasteiger partial charge in [-0.3, -0.25) is 4.79 Å². The Morgan fingerprint density at radius 3 is 2.89 bits per heavy atom. The Kier molecular flexibility index (Phi) is 3.92. The van der Waals surface area contributed by atoms with E-state index in [0.29, 0.717) is 6.42 Å². The molecule has 1 heterocycles. The van der Waals surface area contributed by atoms with Crippen molar-refractivity contribution in [1.82, 2.24) is 10.3 Å². The Labute approximate surface area is 103 Å². The third kappa shape index (κ3) is 3.06. The van der Waals surface area contributed by atoms with Crippen LogP contribution in [0.15, 0.2) is 30.5 Å². The van der Waals surface area contributed by atoms with Crippen LogP contribution in [0.3, 0.4) is 0 Å². The summed E-state index contributed by atoms with van der Waals surface area (Å²) in [5.74, 6) is -0.347. The third-order valence-electron chi connectivity index (χ3n) is 2.75. The third-order valence-corrected chi connectivity index (χ3v) is 2.75. The summed E-state index contributed by atoms with van der Waals surface area (Å²) in [5, 5.41) is 3.26. The molecule has 1 aromatic heterocycles. The summed E-state index contributed by atoms with van der Waals surface area (Å²) in [6.45, 7) is -0.577. The number of fused-ring (bicyclic) bond motifs is 1. The maximum atomic E-state index is 11.9. The fourth-order valence-electron chi connectivity index (χ4n) is 1.87. The van der Waals surface area contributed by atoms with Gasteiger partial charge in [-0.1, -0.05) is 18.2 Å². The first-order valence-electron chi connectivity index (χ1n) is 5.76. The zero-order valence-corrected chi connectivity index (χ0v) is 9.75. The minimum atomic E-state index is -2.50. The van der Waals surface area contributed by atoms with Crippen molar-refractivity contribution in [3.05, 3.63) is 36.0 Å². The van der Waals surface area contributed by atoms with Crippen LogP contribution in [-0.2, 0) is 11.2 Å². The first kappa shape index (κ1) is 12.5. The Hall–Kier alpha value is -1.91. The molecule has 0 aliphatic heterocycles. The van der Waals surface area contributed by atoms with Crippen molar-refractivity contribution in [2.45, 2.75) is 19.3 Å². The van der Waals surface area contributed by atoms with E-state index in [-0.39, 0.29) is 12.3 Å². The second-order valence-corrected chi connectivity index (χ2v) is 4.05. The number of alkyl halides is 2. The van der Waals surface area contributed by atoms with Gasteiger partial charge in [-0.2, -0.15) is 0 Å². The number of aromatic nitrogens is 1. The molecule has 96 valence electrons. The Balaban J connectivity index is 1.92. The second kappa shape index (κ2) is 5.62. The molecule has 0 bridgehead atoms. The van der Waals surface area contributed by atoms with Crippen LogP contribution >= 0.6 is 0 Å². The van der Waals surface area contributed by atoms with Crippen molar-refractivity contribution in [2.75, 3.05) is 6.54 Å². The number of para-hydroxylation sites is 1. The molecule has 0 unspecified atom stereocenters. The quantitative estimate of drug-likeness (QED) is 0.843. The second-order valence-electron chi connectivity index (χ2n) is 4.05. The molecule has 1 aromatic carbocycles. The number of rotatable bonds is 5. The van der Waals surface area contributed by atoms with E-state index in [1.165, 1.54) is 0 Å². The highest BCUT2D eigenvalue weighted by atomic mass is 19.3. The van der Waals surface area contributed by atoms with Crippen molar-refractivity contribution in [3.8, 4) is 0 Å². The van der Waals surface area contributed by atoms with Gasteiger partial charge in [-0.25, -0.2) is 8.78 Å². The fourth-order valence-corrected chi connectivity index (χ4v) is 1.87. The summed E-state index contributed by atoms with van der Waals surface area (Å²) in [4.78, 5) is 14.4. The zero-order valence-electron chi connectivity index (χ0n) is 9.75. The van der Waals surface area contributed by atoms with Crippen LogP contribution in [0.2, 0.25) is 0 Å². The molecule has 0 aliphatic rings. The maximum absolute atomic E-state index is 11.9. The van der Waals surface area contributed by atoms with Crippen LogP contribution < -0.4 is 5.32 Å². The highest BCUT2D eigenvalue weighted by Gasteiger charge is 2.08. The van der Waals surface area contributed by atoms with Crippen LogP contribution in [0, 0.1) is 0 Å². The smallest absolute Gasteiger partial charge is 0.255 e. The lowest BCUT2D eigenvalue weighted by molar-refractivity contribution is -0.121. The number of hydrogen-bond donors (Lipinski definition) is 2. The average Bonchev–Trinajstić information content (AvgIpc) is 2.77. The van der Waals surface area contributed by atoms with Gasteiger partial charge in [0.1, 0.15) is 0 Å². The van der Waals surface area contributed by atoms with E-state index in [1.54, 1.807) is 0 Å². The molecular formula is C13H14F2N2O. The number of halogens is 2. The van der Waals surface area contributed by atoms with E-state index in [0.717, 1.165) is 16.5 Å². The Morgan fingerprint density at radius 1 is 1.33 bits per heavy atom. The minimum absolute atomic E-state index is 0.217. The van der Waals surface area contributed by atoms with Crippen LogP contribution in [-0.4, -0.2) is 23.9 Å². The maximum Gasteiger partial charge on any atom is 0.255 e. The Bertz CT molecular complexity index is 537.